The second-order valence-electron chi connectivity index (χ2n) is 8.33. The third kappa shape index (κ3) is 4.46. The molecule has 7 nitrogen and oxygen atoms in total. The van der Waals surface area contributed by atoms with Crippen molar-refractivity contribution in [2.45, 2.75) is 38.2 Å². The first kappa shape index (κ1) is 23.2. The summed E-state index contributed by atoms with van der Waals surface area (Å²) in [5, 5.41) is 3.60. The van der Waals surface area contributed by atoms with Crippen LogP contribution in [0.15, 0.2) is 35.4 Å². The molecule has 0 bridgehead atoms. The van der Waals surface area contributed by atoms with Crippen molar-refractivity contribution in [1.82, 2.24) is 14.5 Å². The van der Waals surface area contributed by atoms with E-state index in [-0.39, 0.29) is 28.5 Å². The molecule has 1 aliphatic heterocycles. The molecule has 1 fully saturated rings. The minimum atomic E-state index is -2.93. The van der Waals surface area contributed by atoms with Crippen LogP contribution >= 0.6 is 0 Å². The van der Waals surface area contributed by atoms with Crippen molar-refractivity contribution in [3.63, 3.8) is 0 Å². The van der Waals surface area contributed by atoms with Crippen molar-refractivity contribution in [1.29, 1.82) is 4.78 Å². The minimum Gasteiger partial charge on any atom is -0.363 e. The zero-order chi connectivity index (χ0) is 23.9. The molecule has 1 atom stereocenters. The number of pyridine rings is 1. The van der Waals surface area contributed by atoms with Gasteiger partial charge in [0.25, 0.3) is 12.0 Å². The molecule has 2 aromatic heterocycles. The van der Waals surface area contributed by atoms with Crippen molar-refractivity contribution in [2.75, 3.05) is 16.8 Å². The Labute approximate surface area is 189 Å². The first-order valence-electron chi connectivity index (χ1n) is 10.5. The summed E-state index contributed by atoms with van der Waals surface area (Å²) in [6.45, 7) is 1.64. The summed E-state index contributed by atoms with van der Waals surface area (Å²) >= 11 is 0. The average Bonchev–Trinajstić information content (AvgIpc) is 2.76. The van der Waals surface area contributed by atoms with E-state index in [1.165, 1.54) is 23.0 Å². The molecule has 0 unspecified atom stereocenters. The summed E-state index contributed by atoms with van der Waals surface area (Å²) in [6.07, 6.45) is -0.704. The molecule has 0 amide bonds. The van der Waals surface area contributed by atoms with E-state index in [4.69, 9.17) is 4.78 Å². The minimum absolute atomic E-state index is 0.0714. The number of benzene rings is 1. The van der Waals surface area contributed by atoms with Crippen molar-refractivity contribution in [3.05, 3.63) is 63.5 Å². The van der Waals surface area contributed by atoms with Crippen LogP contribution in [0.2, 0.25) is 0 Å². The van der Waals surface area contributed by atoms with Crippen molar-refractivity contribution in [3.8, 4) is 0 Å². The normalized spacial score (nSPS) is 21.9. The number of aryl methyl sites for hydroxylation is 1. The molecular formula is C22H24F3N5O2S. The summed E-state index contributed by atoms with van der Waals surface area (Å²) in [4.78, 5) is 21.5. The lowest BCUT2D eigenvalue weighted by Gasteiger charge is -2.24. The molecule has 3 aromatic rings. The van der Waals surface area contributed by atoms with Crippen LogP contribution < -0.4 is 10.9 Å². The Kier molecular flexibility index (Phi) is 6.17. The van der Waals surface area contributed by atoms with Gasteiger partial charge in [-0.05, 0) is 31.7 Å². The smallest absolute Gasteiger partial charge is 0.266 e. The predicted octanol–water partition coefficient (Wildman–Crippen LogP) is 4.50. The molecule has 33 heavy (non-hydrogen) atoms. The number of aromatic nitrogens is 3. The van der Waals surface area contributed by atoms with E-state index in [9.17, 15) is 22.2 Å². The first-order chi connectivity index (χ1) is 15.6. The lowest BCUT2D eigenvalue weighted by Crippen LogP contribution is -2.29. The van der Waals surface area contributed by atoms with Gasteiger partial charge in [0.1, 0.15) is 23.6 Å². The van der Waals surface area contributed by atoms with Crippen LogP contribution in [-0.4, -0.2) is 30.2 Å². The highest BCUT2D eigenvalue weighted by Crippen LogP contribution is 2.32. The van der Waals surface area contributed by atoms with E-state index < -0.39 is 33.6 Å². The number of nitrogens with zero attached hydrogens (tertiary/aromatic N) is 3. The SMILES string of the molecule is C[C@@H](Nc1ncnc2c1cc(C1CCS(=N)(=O)CC1)c(=O)n2C)c1cccc(C(F)F)c1F. The second-order valence-corrected chi connectivity index (χ2v) is 10.8. The van der Waals surface area contributed by atoms with Crippen LogP contribution in [0.3, 0.4) is 0 Å². The molecular weight excluding hydrogens is 455 g/mol. The average molecular weight is 480 g/mol. The maximum Gasteiger partial charge on any atom is 0.266 e. The first-order valence-corrected chi connectivity index (χ1v) is 12.4. The van der Waals surface area contributed by atoms with Crippen LogP contribution in [0, 0.1) is 10.6 Å². The van der Waals surface area contributed by atoms with E-state index in [2.05, 4.69) is 15.3 Å². The quantitative estimate of drug-likeness (QED) is 0.561. The molecule has 3 heterocycles. The monoisotopic (exact) mass is 479 g/mol. The zero-order valence-corrected chi connectivity index (χ0v) is 19.0. The van der Waals surface area contributed by atoms with E-state index in [0.29, 0.717) is 35.3 Å². The van der Waals surface area contributed by atoms with Crippen molar-refractivity contribution >= 4 is 26.6 Å². The van der Waals surface area contributed by atoms with E-state index in [1.807, 2.05) is 0 Å². The number of rotatable bonds is 5. The van der Waals surface area contributed by atoms with Gasteiger partial charge < -0.3 is 5.32 Å². The molecule has 0 radical (unpaired) electrons. The Morgan fingerprint density at radius 3 is 2.55 bits per heavy atom. The van der Waals surface area contributed by atoms with Gasteiger partial charge in [-0.15, -0.1) is 0 Å². The van der Waals surface area contributed by atoms with Crippen LogP contribution in [0.5, 0.6) is 0 Å². The highest BCUT2D eigenvalue weighted by molar-refractivity contribution is 7.92. The molecule has 176 valence electrons. The van der Waals surface area contributed by atoms with Gasteiger partial charge in [-0.3, -0.25) is 14.1 Å². The zero-order valence-electron chi connectivity index (χ0n) is 18.1. The van der Waals surface area contributed by atoms with Crippen molar-refractivity contribution in [2.24, 2.45) is 7.05 Å². The number of anilines is 1. The van der Waals surface area contributed by atoms with Gasteiger partial charge in [-0.2, -0.15) is 0 Å². The summed E-state index contributed by atoms with van der Waals surface area (Å²) in [6, 6.07) is 4.87. The van der Waals surface area contributed by atoms with Crippen molar-refractivity contribution < 1.29 is 17.4 Å². The maximum absolute atomic E-state index is 14.6. The van der Waals surface area contributed by atoms with E-state index >= 15 is 0 Å². The summed E-state index contributed by atoms with van der Waals surface area (Å²) in [5.74, 6) is -0.289. The number of halogens is 3. The number of hydrogen-bond donors (Lipinski definition) is 2. The van der Waals surface area contributed by atoms with Gasteiger partial charge in [-0.25, -0.2) is 27.3 Å². The molecule has 1 aliphatic rings. The highest BCUT2D eigenvalue weighted by Gasteiger charge is 2.26. The molecule has 0 saturated carbocycles. The maximum atomic E-state index is 14.6. The predicted molar refractivity (Wildman–Crippen MR) is 121 cm³/mol. The summed E-state index contributed by atoms with van der Waals surface area (Å²) in [7, 11) is -0.999. The number of nitrogens with one attached hydrogen (secondary N) is 2. The Hall–Kier alpha value is -2.95. The van der Waals surface area contributed by atoms with Gasteiger partial charge >= 0.3 is 0 Å². The van der Waals surface area contributed by atoms with Gasteiger partial charge in [0, 0.05) is 39.4 Å². The van der Waals surface area contributed by atoms with Crippen LogP contribution in [0.4, 0.5) is 19.0 Å². The summed E-state index contributed by atoms with van der Waals surface area (Å²) in [5.41, 5.74) is 0.0784. The molecule has 1 aromatic carbocycles. The van der Waals surface area contributed by atoms with Gasteiger partial charge in [0.15, 0.2) is 0 Å². The van der Waals surface area contributed by atoms with Gasteiger partial charge in [-0.1, -0.05) is 18.2 Å². The lowest BCUT2D eigenvalue weighted by atomic mass is 9.94. The molecule has 2 N–H and O–H groups in total. The fourth-order valence-corrected chi connectivity index (χ4v) is 5.81. The Morgan fingerprint density at radius 1 is 1.21 bits per heavy atom. The Morgan fingerprint density at radius 2 is 1.88 bits per heavy atom. The lowest BCUT2D eigenvalue weighted by molar-refractivity contribution is 0.146. The fourth-order valence-electron chi connectivity index (χ4n) is 4.28. The molecule has 4 rings (SSSR count). The molecule has 0 spiro atoms. The molecule has 11 heteroatoms. The topological polar surface area (TPSA) is 101 Å². The number of alkyl halides is 2. The Bertz CT molecular complexity index is 1360. The van der Waals surface area contributed by atoms with Gasteiger partial charge in [0.2, 0.25) is 0 Å². The van der Waals surface area contributed by atoms with Crippen LogP contribution in [0.25, 0.3) is 11.0 Å². The third-order valence-electron chi connectivity index (χ3n) is 6.18. The summed E-state index contributed by atoms with van der Waals surface area (Å²) < 4.78 is 62.1. The largest absolute Gasteiger partial charge is 0.363 e. The van der Waals surface area contributed by atoms with Gasteiger partial charge in [0.05, 0.1) is 17.0 Å². The Balaban J connectivity index is 1.74. The molecule has 0 aliphatic carbocycles. The second kappa shape index (κ2) is 8.77. The number of fused-ring (bicyclic) bond motifs is 1. The van der Waals surface area contributed by atoms with E-state index in [0.717, 1.165) is 6.07 Å². The standard InChI is InChI=1S/C22H24F3N5O2S/c1-12(14-4-3-5-15(18(14)23)19(24)25)29-20-17-10-16(13-6-8-33(26,32)9-7-13)22(31)30(2)21(17)28-11-27-20/h3-5,10-13,19,26H,6-9H2,1-2H3,(H,27,28,29)/t12-,13?,33?/m1/s1. The van der Waals surface area contributed by atoms with Crippen LogP contribution in [-0.2, 0) is 16.8 Å². The number of hydrogen-bond acceptors (Lipinski definition) is 6. The third-order valence-corrected chi connectivity index (χ3v) is 7.97. The van der Waals surface area contributed by atoms with E-state index in [1.54, 1.807) is 20.0 Å². The highest BCUT2D eigenvalue weighted by atomic mass is 32.2. The fraction of sp³-hybridized carbons (Fsp3) is 0.409. The van der Waals surface area contributed by atoms with Crippen LogP contribution in [0.1, 0.15) is 54.8 Å². The molecule has 1 saturated heterocycles.